The van der Waals surface area contributed by atoms with Gasteiger partial charge in [0.05, 0.1) is 0 Å². The molecule has 1 atom stereocenters. The zero-order chi connectivity index (χ0) is 15.3. The molecule has 3 N–H and O–H groups in total. The number of carboxylic acids is 1. The van der Waals surface area contributed by atoms with Gasteiger partial charge in [0.1, 0.15) is 5.60 Å². The van der Waals surface area contributed by atoms with E-state index in [9.17, 15) is 14.4 Å². The lowest BCUT2D eigenvalue weighted by atomic mass is 10.2. The van der Waals surface area contributed by atoms with Crippen molar-refractivity contribution in [2.24, 2.45) is 0 Å². The first-order chi connectivity index (χ1) is 8.46. The lowest BCUT2D eigenvalue weighted by Gasteiger charge is -2.27. The van der Waals surface area contributed by atoms with E-state index in [2.05, 4.69) is 23.3 Å². The number of nitrogens with one attached hydrogen (secondary N) is 2. The largest absolute Gasteiger partial charge is 0.479 e. The quantitative estimate of drug-likeness (QED) is 0.442. The Morgan fingerprint density at radius 2 is 1.79 bits per heavy atom. The number of carbonyl (C=O) groups excluding carboxylic acids is 2. The van der Waals surface area contributed by atoms with E-state index in [1.54, 1.807) is 20.8 Å². The Bertz CT molecular complexity index is 367. The van der Waals surface area contributed by atoms with Crippen molar-refractivity contribution in [3.05, 3.63) is 0 Å². The van der Waals surface area contributed by atoms with Crippen molar-refractivity contribution < 1.29 is 24.2 Å². The van der Waals surface area contributed by atoms with E-state index in [0.29, 0.717) is 0 Å². The van der Waals surface area contributed by atoms with Gasteiger partial charge in [-0.3, -0.25) is 10.1 Å². The first kappa shape index (κ1) is 17.6. The minimum Gasteiger partial charge on any atom is -0.479 e. The van der Waals surface area contributed by atoms with Gasteiger partial charge in [0, 0.05) is 19.9 Å². The van der Waals surface area contributed by atoms with E-state index in [1.807, 2.05) is 0 Å². The van der Waals surface area contributed by atoms with Gasteiger partial charge in [-0.1, -0.05) is 0 Å². The molecule has 0 aromatic carbocycles. The van der Waals surface area contributed by atoms with Crippen LogP contribution in [0, 0.1) is 0 Å². The molecule has 1 unspecified atom stereocenters. The Hall–Kier alpha value is -1.44. The molecule has 0 saturated heterocycles. The fraction of sp³-hybridized carbons (Fsp3) is 0.727. The lowest BCUT2D eigenvalue weighted by molar-refractivity contribution is -0.141. The molecule has 8 heteroatoms. The van der Waals surface area contributed by atoms with Crippen LogP contribution in [0.15, 0.2) is 0 Å². The second-order valence-corrected chi connectivity index (χ2v) is 5.79. The van der Waals surface area contributed by atoms with Crippen molar-refractivity contribution in [3.8, 4) is 0 Å². The van der Waals surface area contributed by atoms with E-state index in [4.69, 9.17) is 9.84 Å². The summed E-state index contributed by atoms with van der Waals surface area (Å²) in [5.74, 6) is -1.62. The predicted molar refractivity (Wildman–Crippen MR) is 72.0 cm³/mol. The first-order valence-electron chi connectivity index (χ1n) is 5.67. The SMILES string of the molecule is CC(=O)NCCC(S)(NC(=O)OC(C)(C)C)C(=O)O. The number of amides is 2. The number of carbonyl (C=O) groups is 3. The van der Waals surface area contributed by atoms with Gasteiger partial charge in [0.2, 0.25) is 5.91 Å². The second-order valence-electron chi connectivity index (χ2n) is 5.03. The number of aliphatic carboxylic acids is 1. The summed E-state index contributed by atoms with van der Waals surface area (Å²) in [6.07, 6.45) is -0.961. The molecule has 2 amide bonds. The Morgan fingerprint density at radius 3 is 2.16 bits per heavy atom. The molecule has 0 fully saturated rings. The monoisotopic (exact) mass is 292 g/mol. The molecule has 0 saturated carbocycles. The van der Waals surface area contributed by atoms with Crippen LogP contribution in [-0.4, -0.2) is 40.1 Å². The standard InChI is InChI=1S/C11H20N2O5S/c1-7(14)12-6-5-11(19,8(15)16)13-9(17)18-10(2,3)4/h19H,5-6H2,1-4H3,(H,12,14)(H,13,17)(H,15,16). The normalized spacial score (nSPS) is 14.2. The lowest BCUT2D eigenvalue weighted by Crippen LogP contribution is -2.53. The van der Waals surface area contributed by atoms with E-state index >= 15 is 0 Å². The van der Waals surface area contributed by atoms with Crippen LogP contribution in [0.4, 0.5) is 4.79 Å². The zero-order valence-electron chi connectivity index (χ0n) is 11.4. The number of thiol groups is 1. The van der Waals surface area contributed by atoms with Gasteiger partial charge in [-0.05, 0) is 20.8 Å². The summed E-state index contributed by atoms with van der Waals surface area (Å²) < 4.78 is 4.96. The maximum atomic E-state index is 11.5. The van der Waals surface area contributed by atoms with Crippen molar-refractivity contribution in [2.75, 3.05) is 6.54 Å². The van der Waals surface area contributed by atoms with Gasteiger partial charge in [0.25, 0.3) is 0 Å². The molecule has 0 aliphatic rings. The van der Waals surface area contributed by atoms with Crippen LogP contribution in [0.25, 0.3) is 0 Å². The molecule has 0 radical (unpaired) electrons. The van der Waals surface area contributed by atoms with Gasteiger partial charge in [-0.25, -0.2) is 9.59 Å². The summed E-state index contributed by atoms with van der Waals surface area (Å²) in [7, 11) is 0. The number of carboxylic acid groups (broad SMARTS) is 1. The third-order valence-corrected chi connectivity index (χ3v) is 2.45. The maximum absolute atomic E-state index is 11.5. The van der Waals surface area contributed by atoms with E-state index in [0.717, 1.165) is 0 Å². The zero-order valence-corrected chi connectivity index (χ0v) is 12.3. The van der Waals surface area contributed by atoms with Crippen molar-refractivity contribution >= 4 is 30.6 Å². The van der Waals surface area contributed by atoms with Crippen LogP contribution in [0.1, 0.15) is 34.1 Å². The van der Waals surface area contributed by atoms with Gasteiger partial charge in [0.15, 0.2) is 4.87 Å². The Balaban J connectivity index is 4.58. The molecule has 0 aromatic heterocycles. The highest BCUT2D eigenvalue weighted by Gasteiger charge is 2.37. The molecule has 0 rings (SSSR count). The maximum Gasteiger partial charge on any atom is 0.409 e. The highest BCUT2D eigenvalue weighted by Crippen LogP contribution is 2.17. The molecule has 0 aliphatic carbocycles. The van der Waals surface area contributed by atoms with Gasteiger partial charge in [-0.2, -0.15) is 0 Å². The summed E-state index contributed by atoms with van der Waals surface area (Å²) in [5, 5.41) is 13.7. The van der Waals surface area contributed by atoms with Crippen LogP contribution < -0.4 is 10.6 Å². The third-order valence-electron chi connectivity index (χ3n) is 1.92. The average molecular weight is 292 g/mol. The molecule has 0 aromatic rings. The first-order valence-corrected chi connectivity index (χ1v) is 6.12. The van der Waals surface area contributed by atoms with E-state index in [-0.39, 0.29) is 18.9 Å². The number of rotatable bonds is 5. The smallest absolute Gasteiger partial charge is 0.409 e. The summed E-state index contributed by atoms with van der Waals surface area (Å²) in [6, 6.07) is 0. The Kier molecular flexibility index (Phi) is 6.14. The Labute approximate surface area is 117 Å². The molecular weight excluding hydrogens is 272 g/mol. The topological polar surface area (TPSA) is 105 Å². The van der Waals surface area contributed by atoms with E-state index < -0.39 is 22.5 Å². The molecule has 7 nitrogen and oxygen atoms in total. The van der Waals surface area contributed by atoms with Gasteiger partial charge >= 0.3 is 12.1 Å². The minimum atomic E-state index is -1.80. The third kappa shape index (κ3) is 7.55. The minimum absolute atomic E-state index is 0.0704. The molecule has 110 valence electrons. The van der Waals surface area contributed by atoms with Crippen LogP contribution in [0.3, 0.4) is 0 Å². The Morgan fingerprint density at radius 1 is 1.26 bits per heavy atom. The fourth-order valence-corrected chi connectivity index (χ4v) is 1.32. The molecule has 0 aliphatic heterocycles. The fourth-order valence-electron chi connectivity index (χ4n) is 1.11. The highest BCUT2D eigenvalue weighted by molar-refractivity contribution is 7.82. The molecule has 0 heterocycles. The summed E-state index contributed by atoms with van der Waals surface area (Å²) in [4.78, 5) is 31.6. The number of hydrogen-bond donors (Lipinski definition) is 4. The molecule has 19 heavy (non-hydrogen) atoms. The molecule has 0 spiro atoms. The predicted octanol–water partition coefficient (Wildman–Crippen LogP) is 0.748. The second kappa shape index (κ2) is 6.65. The molecular formula is C11H20N2O5S. The number of ether oxygens (including phenoxy) is 1. The average Bonchev–Trinajstić information content (AvgIpc) is 2.12. The van der Waals surface area contributed by atoms with Gasteiger partial charge < -0.3 is 15.2 Å². The van der Waals surface area contributed by atoms with Crippen LogP contribution in [0.5, 0.6) is 0 Å². The van der Waals surface area contributed by atoms with Crippen molar-refractivity contribution in [3.63, 3.8) is 0 Å². The number of hydrogen-bond acceptors (Lipinski definition) is 5. The van der Waals surface area contributed by atoms with Crippen molar-refractivity contribution in [1.82, 2.24) is 10.6 Å². The number of alkyl carbamates (subject to hydrolysis) is 1. The van der Waals surface area contributed by atoms with Crippen molar-refractivity contribution in [2.45, 2.75) is 44.6 Å². The highest BCUT2D eigenvalue weighted by atomic mass is 32.1. The molecule has 0 bridgehead atoms. The van der Waals surface area contributed by atoms with Crippen molar-refractivity contribution in [1.29, 1.82) is 0 Å². The van der Waals surface area contributed by atoms with Crippen LogP contribution in [-0.2, 0) is 14.3 Å². The summed E-state index contributed by atoms with van der Waals surface area (Å²) in [6.45, 7) is 6.35. The summed E-state index contributed by atoms with van der Waals surface area (Å²) >= 11 is 3.94. The van der Waals surface area contributed by atoms with E-state index in [1.165, 1.54) is 6.92 Å². The van der Waals surface area contributed by atoms with Crippen LogP contribution >= 0.6 is 12.6 Å². The van der Waals surface area contributed by atoms with Crippen LogP contribution in [0.2, 0.25) is 0 Å². The summed E-state index contributed by atoms with van der Waals surface area (Å²) in [5.41, 5.74) is -0.741. The van der Waals surface area contributed by atoms with Gasteiger partial charge in [-0.15, -0.1) is 12.6 Å².